The molecule has 1 heterocycles. The van der Waals surface area contributed by atoms with Gasteiger partial charge in [-0.2, -0.15) is 4.31 Å². The first-order valence-corrected chi connectivity index (χ1v) is 10.7. The molecular formula is C15H23NO4S2. The maximum Gasteiger partial charge on any atom is 0.243 e. The molecular weight excluding hydrogens is 322 g/mol. The molecule has 0 atom stereocenters. The van der Waals surface area contributed by atoms with Crippen molar-refractivity contribution in [2.45, 2.75) is 43.8 Å². The second-order valence-electron chi connectivity index (χ2n) is 6.13. The van der Waals surface area contributed by atoms with Crippen LogP contribution in [0.2, 0.25) is 0 Å². The van der Waals surface area contributed by atoms with Crippen LogP contribution in [0.25, 0.3) is 0 Å². The number of rotatable bonds is 3. The Morgan fingerprint density at radius 2 is 1.41 bits per heavy atom. The van der Waals surface area contributed by atoms with Gasteiger partial charge in [0.25, 0.3) is 0 Å². The Balaban J connectivity index is 2.28. The average Bonchev–Trinajstić information content (AvgIpc) is 2.42. The van der Waals surface area contributed by atoms with Crippen molar-refractivity contribution in [3.05, 3.63) is 28.8 Å². The SMILES string of the molecule is Cc1cc(C)c(S(=O)(=O)N2CCC(S(C)(=O)=O)CC2)cc1C. The molecule has 0 aliphatic carbocycles. The molecule has 0 amide bonds. The lowest BCUT2D eigenvalue weighted by atomic mass is 10.1. The highest BCUT2D eigenvalue weighted by Gasteiger charge is 2.33. The molecule has 5 nitrogen and oxygen atoms in total. The number of sulfone groups is 1. The molecule has 0 spiro atoms. The van der Waals surface area contributed by atoms with E-state index in [2.05, 4.69) is 0 Å². The lowest BCUT2D eigenvalue weighted by Crippen LogP contribution is -2.42. The van der Waals surface area contributed by atoms with Crippen molar-refractivity contribution in [3.63, 3.8) is 0 Å². The summed E-state index contributed by atoms with van der Waals surface area (Å²) in [5, 5.41) is -0.431. The zero-order valence-electron chi connectivity index (χ0n) is 13.5. The molecule has 1 aromatic rings. The first-order valence-electron chi connectivity index (χ1n) is 7.30. The number of piperidine rings is 1. The summed E-state index contributed by atoms with van der Waals surface area (Å²) in [7, 11) is -6.66. The number of hydrogen-bond donors (Lipinski definition) is 0. The highest BCUT2D eigenvalue weighted by molar-refractivity contribution is 7.91. The summed E-state index contributed by atoms with van der Waals surface area (Å²) in [5.74, 6) is 0. The molecule has 0 N–H and O–H groups in total. The number of hydrogen-bond acceptors (Lipinski definition) is 4. The van der Waals surface area contributed by atoms with Gasteiger partial charge in [-0.15, -0.1) is 0 Å². The first-order chi connectivity index (χ1) is 10.0. The van der Waals surface area contributed by atoms with Gasteiger partial charge in [-0.25, -0.2) is 16.8 Å². The molecule has 1 fully saturated rings. The average molecular weight is 345 g/mol. The highest BCUT2D eigenvalue weighted by Crippen LogP contribution is 2.27. The van der Waals surface area contributed by atoms with Gasteiger partial charge >= 0.3 is 0 Å². The van der Waals surface area contributed by atoms with E-state index >= 15 is 0 Å². The third-order valence-electron chi connectivity index (χ3n) is 4.42. The highest BCUT2D eigenvalue weighted by atomic mass is 32.2. The molecule has 7 heteroatoms. The van der Waals surface area contributed by atoms with E-state index in [9.17, 15) is 16.8 Å². The Morgan fingerprint density at radius 1 is 0.909 bits per heavy atom. The molecule has 0 bridgehead atoms. The van der Waals surface area contributed by atoms with Crippen LogP contribution in [0.3, 0.4) is 0 Å². The van der Waals surface area contributed by atoms with Crippen molar-refractivity contribution in [2.75, 3.05) is 19.3 Å². The van der Waals surface area contributed by atoms with E-state index in [1.807, 2.05) is 19.9 Å². The molecule has 0 unspecified atom stereocenters. The van der Waals surface area contributed by atoms with Gasteiger partial charge in [0.2, 0.25) is 10.0 Å². The largest absolute Gasteiger partial charge is 0.243 e. The Morgan fingerprint density at radius 3 is 1.91 bits per heavy atom. The number of sulfonamides is 1. The minimum atomic E-state index is -3.56. The van der Waals surface area contributed by atoms with Gasteiger partial charge < -0.3 is 0 Å². The molecule has 1 saturated heterocycles. The molecule has 1 aromatic carbocycles. The van der Waals surface area contributed by atoms with E-state index in [-0.39, 0.29) is 13.1 Å². The summed E-state index contributed by atoms with van der Waals surface area (Å²) in [6, 6.07) is 3.59. The van der Waals surface area contributed by atoms with Gasteiger partial charge in [0.15, 0.2) is 0 Å². The zero-order valence-corrected chi connectivity index (χ0v) is 15.1. The van der Waals surface area contributed by atoms with Gasteiger partial charge in [-0.05, 0) is 56.4 Å². The molecule has 22 heavy (non-hydrogen) atoms. The zero-order chi connectivity index (χ0) is 16.7. The van der Waals surface area contributed by atoms with Crippen LogP contribution in [0, 0.1) is 20.8 Å². The van der Waals surface area contributed by atoms with Crippen LogP contribution >= 0.6 is 0 Å². The minimum absolute atomic E-state index is 0.256. The fourth-order valence-corrected chi connectivity index (χ4v) is 5.68. The van der Waals surface area contributed by atoms with E-state index in [1.54, 1.807) is 13.0 Å². The molecule has 0 radical (unpaired) electrons. The second-order valence-corrected chi connectivity index (χ2v) is 10.4. The monoisotopic (exact) mass is 345 g/mol. The Labute approximate surface area is 133 Å². The maximum atomic E-state index is 12.8. The summed E-state index contributed by atoms with van der Waals surface area (Å²) in [6.07, 6.45) is 1.94. The summed E-state index contributed by atoms with van der Waals surface area (Å²) in [5.41, 5.74) is 2.73. The molecule has 0 aromatic heterocycles. The normalized spacial score (nSPS) is 18.5. The van der Waals surface area contributed by atoms with Crippen LogP contribution < -0.4 is 0 Å². The van der Waals surface area contributed by atoms with Gasteiger partial charge in [0.05, 0.1) is 10.1 Å². The third-order valence-corrected chi connectivity index (χ3v) is 8.14. The van der Waals surface area contributed by atoms with Crippen LogP contribution in [0.4, 0.5) is 0 Å². The summed E-state index contributed by atoms with van der Waals surface area (Å²) in [4.78, 5) is 0.327. The van der Waals surface area contributed by atoms with Crippen LogP contribution in [-0.2, 0) is 19.9 Å². The maximum absolute atomic E-state index is 12.8. The lowest BCUT2D eigenvalue weighted by molar-refractivity contribution is 0.346. The van der Waals surface area contributed by atoms with Gasteiger partial charge in [-0.3, -0.25) is 0 Å². The van der Waals surface area contributed by atoms with E-state index in [0.29, 0.717) is 17.7 Å². The molecule has 124 valence electrons. The van der Waals surface area contributed by atoms with Crippen molar-refractivity contribution < 1.29 is 16.8 Å². The number of aryl methyl sites for hydroxylation is 3. The molecule has 2 rings (SSSR count). The van der Waals surface area contributed by atoms with Gasteiger partial charge in [0, 0.05) is 19.3 Å². The Kier molecular flexibility index (Phi) is 4.71. The quantitative estimate of drug-likeness (QED) is 0.837. The number of benzene rings is 1. The summed E-state index contributed by atoms with van der Waals surface area (Å²) < 4.78 is 50.2. The topological polar surface area (TPSA) is 71.5 Å². The molecule has 1 aliphatic heterocycles. The molecule has 0 saturated carbocycles. The predicted molar refractivity (Wildman–Crippen MR) is 87.3 cm³/mol. The van der Waals surface area contributed by atoms with Crippen LogP contribution in [0.15, 0.2) is 17.0 Å². The van der Waals surface area contributed by atoms with Gasteiger partial charge in [0.1, 0.15) is 9.84 Å². The second kappa shape index (κ2) is 5.94. The van der Waals surface area contributed by atoms with Gasteiger partial charge in [-0.1, -0.05) is 6.07 Å². The van der Waals surface area contributed by atoms with E-state index in [1.165, 1.54) is 10.6 Å². The van der Waals surface area contributed by atoms with Crippen molar-refractivity contribution in [1.29, 1.82) is 0 Å². The summed E-state index contributed by atoms with van der Waals surface area (Å²) >= 11 is 0. The van der Waals surface area contributed by atoms with E-state index in [0.717, 1.165) is 16.7 Å². The predicted octanol–water partition coefficient (Wildman–Crippen LogP) is 1.81. The Bertz CT molecular complexity index is 774. The lowest BCUT2D eigenvalue weighted by Gasteiger charge is -2.30. The molecule has 1 aliphatic rings. The fourth-order valence-electron chi connectivity index (χ4n) is 2.85. The van der Waals surface area contributed by atoms with Crippen molar-refractivity contribution in [3.8, 4) is 0 Å². The van der Waals surface area contributed by atoms with Crippen LogP contribution in [0.1, 0.15) is 29.5 Å². The van der Waals surface area contributed by atoms with Crippen molar-refractivity contribution in [1.82, 2.24) is 4.31 Å². The smallest absolute Gasteiger partial charge is 0.229 e. The van der Waals surface area contributed by atoms with E-state index < -0.39 is 25.1 Å². The van der Waals surface area contributed by atoms with Crippen molar-refractivity contribution >= 4 is 19.9 Å². The van der Waals surface area contributed by atoms with Crippen LogP contribution in [0.5, 0.6) is 0 Å². The fraction of sp³-hybridized carbons (Fsp3) is 0.600. The van der Waals surface area contributed by atoms with E-state index in [4.69, 9.17) is 0 Å². The first kappa shape index (κ1) is 17.4. The third kappa shape index (κ3) is 3.36. The minimum Gasteiger partial charge on any atom is -0.229 e. The number of nitrogens with zero attached hydrogens (tertiary/aromatic N) is 1. The van der Waals surface area contributed by atoms with Crippen molar-refractivity contribution in [2.24, 2.45) is 0 Å². The van der Waals surface area contributed by atoms with Crippen LogP contribution in [-0.4, -0.2) is 45.7 Å². The Hall–Kier alpha value is -0.920. The summed E-state index contributed by atoms with van der Waals surface area (Å²) in [6.45, 7) is 6.15. The standard InChI is InChI=1S/C15H23NO4S2/c1-11-9-13(3)15(10-12(11)2)22(19,20)16-7-5-14(6-8-16)21(4,17)18/h9-10,14H,5-8H2,1-4H3.